The number of likely N-dealkylation sites (tertiary alicyclic amines) is 1. The molecule has 3 rings (SSSR count). The Morgan fingerprint density at radius 2 is 2.00 bits per heavy atom. The smallest absolute Gasteiger partial charge is 0.251 e. The predicted octanol–water partition coefficient (Wildman–Crippen LogP) is 2.08. The topological polar surface area (TPSA) is 49.4 Å². The number of rotatable bonds is 4. The molecular formula is C15H17ClN2O2. The van der Waals surface area contributed by atoms with Crippen LogP contribution in [-0.2, 0) is 4.79 Å². The molecule has 1 unspecified atom stereocenters. The highest BCUT2D eigenvalue weighted by atomic mass is 35.5. The van der Waals surface area contributed by atoms with Gasteiger partial charge in [-0.2, -0.15) is 0 Å². The van der Waals surface area contributed by atoms with Crippen molar-refractivity contribution in [1.29, 1.82) is 0 Å². The average molecular weight is 293 g/mol. The Bertz CT molecular complexity index is 525. The van der Waals surface area contributed by atoms with E-state index in [4.69, 9.17) is 11.6 Å². The number of benzene rings is 1. The van der Waals surface area contributed by atoms with Crippen molar-refractivity contribution in [3.8, 4) is 0 Å². The van der Waals surface area contributed by atoms with Crippen molar-refractivity contribution in [3.63, 3.8) is 0 Å². The molecule has 2 fully saturated rings. The van der Waals surface area contributed by atoms with Gasteiger partial charge in [0.2, 0.25) is 5.91 Å². The normalized spacial score (nSPS) is 22.1. The molecule has 0 spiro atoms. The molecule has 1 aliphatic heterocycles. The third kappa shape index (κ3) is 2.96. The first-order valence-electron chi connectivity index (χ1n) is 6.96. The predicted molar refractivity (Wildman–Crippen MR) is 76.6 cm³/mol. The molecule has 20 heavy (non-hydrogen) atoms. The van der Waals surface area contributed by atoms with Crippen LogP contribution in [-0.4, -0.2) is 35.8 Å². The molecule has 1 aliphatic carbocycles. The highest BCUT2D eigenvalue weighted by molar-refractivity contribution is 6.30. The lowest BCUT2D eigenvalue weighted by Gasteiger charge is -2.15. The van der Waals surface area contributed by atoms with Gasteiger partial charge in [0.1, 0.15) is 0 Å². The van der Waals surface area contributed by atoms with Gasteiger partial charge in [-0.3, -0.25) is 9.59 Å². The third-order valence-electron chi connectivity index (χ3n) is 3.88. The molecule has 1 atom stereocenters. The third-order valence-corrected chi connectivity index (χ3v) is 4.14. The van der Waals surface area contributed by atoms with E-state index in [0.717, 1.165) is 19.4 Å². The standard InChI is InChI=1S/C15H17ClN2O2/c16-12-3-1-11(2-4-12)15(20)17-8-10-7-14(19)18(9-10)13-5-6-13/h1-4,10,13H,5-9H2,(H,17,20). The van der Waals surface area contributed by atoms with Crippen molar-refractivity contribution in [2.75, 3.05) is 13.1 Å². The molecule has 5 heteroatoms. The van der Waals surface area contributed by atoms with Gasteiger partial charge in [0.15, 0.2) is 0 Å². The fourth-order valence-corrected chi connectivity index (χ4v) is 2.75. The molecule has 106 valence electrons. The van der Waals surface area contributed by atoms with Gasteiger partial charge in [0.25, 0.3) is 5.91 Å². The lowest BCUT2D eigenvalue weighted by atomic mass is 10.1. The van der Waals surface area contributed by atoms with Gasteiger partial charge in [0.05, 0.1) is 0 Å². The molecule has 0 radical (unpaired) electrons. The van der Waals surface area contributed by atoms with Crippen LogP contribution in [0.1, 0.15) is 29.6 Å². The average Bonchev–Trinajstić information content (AvgIpc) is 3.21. The van der Waals surface area contributed by atoms with Crippen LogP contribution in [0, 0.1) is 5.92 Å². The molecule has 2 amide bonds. The van der Waals surface area contributed by atoms with E-state index in [9.17, 15) is 9.59 Å². The second-order valence-electron chi connectivity index (χ2n) is 5.56. The second-order valence-corrected chi connectivity index (χ2v) is 6.00. The van der Waals surface area contributed by atoms with Crippen molar-refractivity contribution >= 4 is 23.4 Å². The Kier molecular flexibility index (Phi) is 3.66. The minimum atomic E-state index is -0.112. The van der Waals surface area contributed by atoms with Gasteiger partial charge < -0.3 is 10.2 Å². The summed E-state index contributed by atoms with van der Waals surface area (Å²) in [5, 5.41) is 3.51. The van der Waals surface area contributed by atoms with Crippen molar-refractivity contribution in [2.24, 2.45) is 5.92 Å². The van der Waals surface area contributed by atoms with Gasteiger partial charge in [-0.25, -0.2) is 0 Å². The molecule has 1 aromatic rings. The summed E-state index contributed by atoms with van der Waals surface area (Å²) in [4.78, 5) is 25.8. The Labute approximate surface area is 123 Å². The van der Waals surface area contributed by atoms with E-state index in [1.807, 2.05) is 4.90 Å². The van der Waals surface area contributed by atoms with Crippen molar-refractivity contribution in [3.05, 3.63) is 34.9 Å². The zero-order valence-electron chi connectivity index (χ0n) is 11.1. The molecule has 0 aromatic heterocycles. The van der Waals surface area contributed by atoms with Crippen LogP contribution in [0.2, 0.25) is 5.02 Å². The van der Waals surface area contributed by atoms with E-state index < -0.39 is 0 Å². The lowest BCUT2D eigenvalue weighted by Crippen LogP contribution is -2.32. The number of amides is 2. The summed E-state index contributed by atoms with van der Waals surface area (Å²) >= 11 is 5.79. The summed E-state index contributed by atoms with van der Waals surface area (Å²) < 4.78 is 0. The minimum absolute atomic E-state index is 0.112. The van der Waals surface area contributed by atoms with Gasteiger partial charge in [0, 0.05) is 42.1 Å². The summed E-state index contributed by atoms with van der Waals surface area (Å²) in [7, 11) is 0. The van der Waals surface area contributed by atoms with Gasteiger partial charge >= 0.3 is 0 Å². The van der Waals surface area contributed by atoms with E-state index in [1.54, 1.807) is 24.3 Å². The van der Waals surface area contributed by atoms with Crippen LogP contribution < -0.4 is 5.32 Å². The fourth-order valence-electron chi connectivity index (χ4n) is 2.62. The monoisotopic (exact) mass is 292 g/mol. The molecule has 1 N–H and O–H groups in total. The first-order chi connectivity index (χ1) is 9.63. The summed E-state index contributed by atoms with van der Waals surface area (Å²) in [5.74, 6) is 0.358. The summed E-state index contributed by atoms with van der Waals surface area (Å²) in [6.45, 7) is 1.33. The first-order valence-corrected chi connectivity index (χ1v) is 7.34. The van der Waals surface area contributed by atoms with E-state index in [2.05, 4.69) is 5.32 Å². The van der Waals surface area contributed by atoms with E-state index >= 15 is 0 Å². The maximum Gasteiger partial charge on any atom is 0.251 e. The van der Waals surface area contributed by atoms with Crippen LogP contribution in [0.25, 0.3) is 0 Å². The van der Waals surface area contributed by atoms with E-state index in [-0.39, 0.29) is 17.7 Å². The molecule has 0 bridgehead atoms. The van der Waals surface area contributed by atoms with Gasteiger partial charge in [-0.05, 0) is 37.1 Å². The lowest BCUT2D eigenvalue weighted by molar-refractivity contribution is -0.128. The fraction of sp³-hybridized carbons (Fsp3) is 0.467. The highest BCUT2D eigenvalue weighted by Gasteiger charge is 2.39. The van der Waals surface area contributed by atoms with Crippen LogP contribution in [0.15, 0.2) is 24.3 Å². The maximum absolute atomic E-state index is 12.0. The van der Waals surface area contributed by atoms with E-state index in [0.29, 0.717) is 29.6 Å². The SMILES string of the molecule is O=C(NCC1CC(=O)N(C2CC2)C1)c1ccc(Cl)cc1. The molecule has 4 nitrogen and oxygen atoms in total. The van der Waals surface area contributed by atoms with Crippen LogP contribution >= 0.6 is 11.6 Å². The number of nitrogens with zero attached hydrogens (tertiary/aromatic N) is 1. The number of nitrogens with one attached hydrogen (secondary N) is 1. The highest BCUT2D eigenvalue weighted by Crippen LogP contribution is 2.32. The Hall–Kier alpha value is -1.55. The quantitative estimate of drug-likeness (QED) is 0.924. The van der Waals surface area contributed by atoms with Crippen molar-refractivity contribution in [2.45, 2.75) is 25.3 Å². The number of hydrogen-bond acceptors (Lipinski definition) is 2. The van der Waals surface area contributed by atoms with Gasteiger partial charge in [-0.1, -0.05) is 11.6 Å². The second kappa shape index (κ2) is 5.44. The molecular weight excluding hydrogens is 276 g/mol. The summed E-state index contributed by atoms with van der Waals surface area (Å²) in [6, 6.07) is 7.27. The van der Waals surface area contributed by atoms with Crippen LogP contribution in [0.5, 0.6) is 0 Å². The Morgan fingerprint density at radius 1 is 1.30 bits per heavy atom. The maximum atomic E-state index is 12.0. The van der Waals surface area contributed by atoms with E-state index in [1.165, 1.54) is 0 Å². The minimum Gasteiger partial charge on any atom is -0.352 e. The Balaban J connectivity index is 1.51. The molecule has 1 aromatic carbocycles. The number of hydrogen-bond donors (Lipinski definition) is 1. The molecule has 1 heterocycles. The number of carbonyl (C=O) groups excluding carboxylic acids is 2. The van der Waals surface area contributed by atoms with Crippen molar-refractivity contribution < 1.29 is 9.59 Å². The molecule has 2 aliphatic rings. The number of carbonyl (C=O) groups is 2. The van der Waals surface area contributed by atoms with Crippen molar-refractivity contribution in [1.82, 2.24) is 10.2 Å². The van der Waals surface area contributed by atoms with Gasteiger partial charge in [-0.15, -0.1) is 0 Å². The largest absolute Gasteiger partial charge is 0.352 e. The molecule has 1 saturated heterocycles. The number of halogens is 1. The zero-order chi connectivity index (χ0) is 14.1. The first kappa shape index (κ1) is 13.4. The molecule has 1 saturated carbocycles. The summed E-state index contributed by atoms with van der Waals surface area (Å²) in [5.41, 5.74) is 0.595. The Morgan fingerprint density at radius 3 is 2.65 bits per heavy atom. The zero-order valence-corrected chi connectivity index (χ0v) is 11.9. The van der Waals surface area contributed by atoms with Crippen LogP contribution in [0.3, 0.4) is 0 Å². The van der Waals surface area contributed by atoms with Crippen LogP contribution in [0.4, 0.5) is 0 Å². The summed E-state index contributed by atoms with van der Waals surface area (Å²) in [6.07, 6.45) is 2.82.